The molecule has 0 saturated carbocycles. The number of carbonyl (C=O) groups is 1. The van der Waals surface area contributed by atoms with Gasteiger partial charge in [-0.05, 0) is 42.3 Å². The molecule has 138 valence electrons. The first-order chi connectivity index (χ1) is 12.4. The van der Waals surface area contributed by atoms with E-state index < -0.39 is 4.92 Å². The number of ether oxygens (including phenoxy) is 3. The van der Waals surface area contributed by atoms with Crippen molar-refractivity contribution in [1.29, 1.82) is 0 Å². The van der Waals surface area contributed by atoms with Crippen LogP contribution in [0.1, 0.15) is 11.1 Å². The SMILES string of the molecule is COc1cc(C)c(COC(=O)CSc2ccc([N+](=O)[O-])cc2)cc1OC. The molecule has 0 aliphatic heterocycles. The molecule has 0 heterocycles. The van der Waals surface area contributed by atoms with E-state index >= 15 is 0 Å². The van der Waals surface area contributed by atoms with E-state index in [4.69, 9.17) is 14.2 Å². The standard InChI is InChI=1S/C18H19NO6S/c1-12-8-16(23-2)17(24-3)9-13(12)10-25-18(20)11-26-15-6-4-14(5-7-15)19(21)22/h4-9H,10-11H2,1-3H3. The van der Waals surface area contributed by atoms with Crippen molar-refractivity contribution in [1.82, 2.24) is 0 Å². The van der Waals surface area contributed by atoms with Gasteiger partial charge in [0.15, 0.2) is 11.5 Å². The third-order valence-electron chi connectivity index (χ3n) is 3.63. The maximum atomic E-state index is 11.9. The summed E-state index contributed by atoms with van der Waals surface area (Å²) in [6.07, 6.45) is 0. The minimum absolute atomic E-state index is 0.0147. The third kappa shape index (κ3) is 5.13. The van der Waals surface area contributed by atoms with E-state index in [1.54, 1.807) is 32.4 Å². The predicted molar refractivity (Wildman–Crippen MR) is 97.9 cm³/mol. The number of aryl methyl sites for hydroxylation is 1. The fourth-order valence-electron chi connectivity index (χ4n) is 2.18. The molecule has 26 heavy (non-hydrogen) atoms. The number of benzene rings is 2. The molecular weight excluding hydrogens is 358 g/mol. The van der Waals surface area contributed by atoms with Crippen LogP contribution in [-0.4, -0.2) is 30.9 Å². The molecule has 7 nitrogen and oxygen atoms in total. The fraction of sp³-hybridized carbons (Fsp3) is 0.278. The number of methoxy groups -OCH3 is 2. The quantitative estimate of drug-likeness (QED) is 0.299. The van der Waals surface area contributed by atoms with Gasteiger partial charge in [0, 0.05) is 17.0 Å². The molecule has 0 bridgehead atoms. The zero-order chi connectivity index (χ0) is 19.1. The Labute approximate surface area is 155 Å². The molecular formula is C18H19NO6S. The van der Waals surface area contributed by atoms with Gasteiger partial charge >= 0.3 is 5.97 Å². The van der Waals surface area contributed by atoms with Gasteiger partial charge in [-0.25, -0.2) is 0 Å². The average Bonchev–Trinajstić information content (AvgIpc) is 2.65. The maximum Gasteiger partial charge on any atom is 0.316 e. The molecule has 2 rings (SSSR count). The van der Waals surface area contributed by atoms with Gasteiger partial charge in [0.05, 0.1) is 24.9 Å². The van der Waals surface area contributed by atoms with Crippen LogP contribution in [0.2, 0.25) is 0 Å². The van der Waals surface area contributed by atoms with Crippen LogP contribution in [-0.2, 0) is 16.1 Å². The highest BCUT2D eigenvalue weighted by Crippen LogP contribution is 2.30. The van der Waals surface area contributed by atoms with E-state index in [2.05, 4.69) is 0 Å². The number of hydrogen-bond donors (Lipinski definition) is 0. The Morgan fingerprint density at radius 2 is 1.73 bits per heavy atom. The van der Waals surface area contributed by atoms with Crippen molar-refractivity contribution >= 4 is 23.4 Å². The molecule has 0 spiro atoms. The van der Waals surface area contributed by atoms with E-state index in [0.29, 0.717) is 11.5 Å². The van der Waals surface area contributed by atoms with Crippen molar-refractivity contribution in [2.45, 2.75) is 18.4 Å². The number of non-ortho nitro benzene ring substituents is 1. The van der Waals surface area contributed by atoms with Crippen molar-refractivity contribution < 1.29 is 23.9 Å². The summed E-state index contributed by atoms with van der Waals surface area (Å²) in [7, 11) is 3.11. The monoisotopic (exact) mass is 377 g/mol. The van der Waals surface area contributed by atoms with Gasteiger partial charge in [-0.3, -0.25) is 14.9 Å². The minimum atomic E-state index is -0.464. The summed E-state index contributed by atoms with van der Waals surface area (Å²) in [4.78, 5) is 22.9. The summed E-state index contributed by atoms with van der Waals surface area (Å²) in [6.45, 7) is 2.03. The lowest BCUT2D eigenvalue weighted by atomic mass is 10.1. The zero-order valence-electron chi connectivity index (χ0n) is 14.7. The van der Waals surface area contributed by atoms with E-state index in [9.17, 15) is 14.9 Å². The van der Waals surface area contributed by atoms with Gasteiger partial charge < -0.3 is 14.2 Å². The van der Waals surface area contributed by atoms with Gasteiger partial charge in [-0.1, -0.05) is 0 Å². The van der Waals surface area contributed by atoms with E-state index in [0.717, 1.165) is 16.0 Å². The normalized spacial score (nSPS) is 10.3. The number of carbonyl (C=O) groups excluding carboxylic acids is 1. The minimum Gasteiger partial charge on any atom is -0.493 e. The van der Waals surface area contributed by atoms with Crippen LogP contribution in [0.4, 0.5) is 5.69 Å². The maximum absolute atomic E-state index is 11.9. The van der Waals surface area contributed by atoms with Gasteiger partial charge in [0.1, 0.15) is 6.61 Å². The highest BCUT2D eigenvalue weighted by molar-refractivity contribution is 8.00. The number of nitro benzene ring substituents is 1. The Morgan fingerprint density at radius 1 is 1.12 bits per heavy atom. The summed E-state index contributed by atoms with van der Waals surface area (Å²) >= 11 is 1.26. The molecule has 0 aromatic heterocycles. The van der Waals surface area contributed by atoms with E-state index in [1.165, 1.54) is 23.9 Å². The number of hydrogen-bond acceptors (Lipinski definition) is 7. The third-order valence-corrected chi connectivity index (χ3v) is 4.62. The zero-order valence-corrected chi connectivity index (χ0v) is 15.5. The number of rotatable bonds is 8. The van der Waals surface area contributed by atoms with Crippen LogP contribution in [0.3, 0.4) is 0 Å². The average molecular weight is 377 g/mol. The summed E-state index contributed by atoms with van der Waals surface area (Å²) in [6, 6.07) is 9.63. The highest BCUT2D eigenvalue weighted by atomic mass is 32.2. The van der Waals surface area contributed by atoms with Crippen molar-refractivity contribution in [2.24, 2.45) is 0 Å². The second-order valence-electron chi connectivity index (χ2n) is 5.33. The first kappa shape index (κ1) is 19.6. The van der Waals surface area contributed by atoms with Crippen LogP contribution >= 0.6 is 11.8 Å². The number of nitro groups is 1. The van der Waals surface area contributed by atoms with Crippen molar-refractivity contribution in [3.05, 3.63) is 57.6 Å². The highest BCUT2D eigenvalue weighted by Gasteiger charge is 2.11. The fourth-order valence-corrected chi connectivity index (χ4v) is 2.88. The first-order valence-corrected chi connectivity index (χ1v) is 8.67. The molecule has 0 saturated heterocycles. The smallest absolute Gasteiger partial charge is 0.316 e. The molecule has 8 heteroatoms. The number of nitrogens with zero attached hydrogens (tertiary/aromatic N) is 1. The van der Waals surface area contributed by atoms with Crippen LogP contribution in [0.5, 0.6) is 11.5 Å². The van der Waals surface area contributed by atoms with Crippen molar-refractivity contribution in [2.75, 3.05) is 20.0 Å². The number of esters is 1. The van der Waals surface area contributed by atoms with Crippen LogP contribution in [0, 0.1) is 17.0 Å². The van der Waals surface area contributed by atoms with Crippen LogP contribution < -0.4 is 9.47 Å². The molecule has 0 amide bonds. The van der Waals surface area contributed by atoms with Gasteiger partial charge in [0.2, 0.25) is 0 Å². The molecule has 0 fully saturated rings. The predicted octanol–water partition coefficient (Wildman–Crippen LogP) is 3.76. The van der Waals surface area contributed by atoms with Gasteiger partial charge in [-0.15, -0.1) is 11.8 Å². The lowest BCUT2D eigenvalue weighted by Gasteiger charge is -2.13. The molecule has 0 aliphatic carbocycles. The van der Waals surface area contributed by atoms with Crippen LogP contribution in [0.15, 0.2) is 41.3 Å². The first-order valence-electron chi connectivity index (χ1n) is 7.69. The Bertz CT molecular complexity index is 791. The van der Waals surface area contributed by atoms with Gasteiger partial charge in [0.25, 0.3) is 5.69 Å². The lowest BCUT2D eigenvalue weighted by molar-refractivity contribution is -0.384. The van der Waals surface area contributed by atoms with Crippen molar-refractivity contribution in [3.8, 4) is 11.5 Å². The van der Waals surface area contributed by atoms with E-state index in [1.807, 2.05) is 13.0 Å². The number of thioether (sulfide) groups is 1. The molecule has 0 radical (unpaired) electrons. The van der Waals surface area contributed by atoms with Crippen LogP contribution in [0.25, 0.3) is 0 Å². The molecule has 0 atom stereocenters. The molecule has 2 aromatic carbocycles. The second kappa shape index (κ2) is 9.10. The summed E-state index contributed by atoms with van der Waals surface area (Å²) in [5.41, 5.74) is 1.77. The molecule has 2 aromatic rings. The Hall–Kier alpha value is -2.74. The lowest BCUT2D eigenvalue weighted by Crippen LogP contribution is -2.08. The van der Waals surface area contributed by atoms with Gasteiger partial charge in [-0.2, -0.15) is 0 Å². The summed E-state index contributed by atoms with van der Waals surface area (Å²) in [5.74, 6) is 0.935. The van der Waals surface area contributed by atoms with E-state index in [-0.39, 0.29) is 24.0 Å². The molecule has 0 N–H and O–H groups in total. The van der Waals surface area contributed by atoms with Crippen molar-refractivity contribution in [3.63, 3.8) is 0 Å². The Morgan fingerprint density at radius 3 is 2.31 bits per heavy atom. The Balaban J connectivity index is 1.89. The summed E-state index contributed by atoms with van der Waals surface area (Å²) < 4.78 is 15.8. The Kier molecular flexibility index (Phi) is 6.85. The second-order valence-corrected chi connectivity index (χ2v) is 6.38. The largest absolute Gasteiger partial charge is 0.493 e. The molecule has 0 aliphatic rings. The molecule has 0 unspecified atom stereocenters. The summed E-state index contributed by atoms with van der Waals surface area (Å²) in [5, 5.41) is 10.6. The topological polar surface area (TPSA) is 87.9 Å².